The molecule has 2 aromatic heterocycles. The summed E-state index contributed by atoms with van der Waals surface area (Å²) in [6, 6.07) is 20.2. The first-order valence-electron chi connectivity index (χ1n) is 13.6. The standard InChI is InChI=1S/C31H32BrN7O2/c1-20-16-23(10-11-25(20)32)39-30(40)24(21(2)34-39)19-33-26-17-28-29(36(4)31(41)35(28)3)18-27(26)38-14-12-37(13-15-38)22-8-6-5-7-9-22/h5-11,16-19,34H,12-15H2,1-4H3. The fourth-order valence-electron chi connectivity index (χ4n) is 5.52. The highest BCUT2D eigenvalue weighted by Gasteiger charge is 2.22. The Bertz CT molecular complexity index is 1900. The van der Waals surface area contributed by atoms with Gasteiger partial charge in [-0.05, 0) is 61.9 Å². The van der Waals surface area contributed by atoms with Crippen LogP contribution in [0.4, 0.5) is 17.1 Å². The van der Waals surface area contributed by atoms with Crippen LogP contribution in [0.5, 0.6) is 0 Å². The number of benzene rings is 3. The normalized spacial score (nSPS) is 14.1. The van der Waals surface area contributed by atoms with Crippen molar-refractivity contribution in [2.24, 2.45) is 19.1 Å². The van der Waals surface area contributed by atoms with Crippen LogP contribution in [-0.2, 0) is 14.1 Å². The molecule has 10 heteroatoms. The molecule has 0 amide bonds. The van der Waals surface area contributed by atoms with Crippen molar-refractivity contribution in [2.45, 2.75) is 13.8 Å². The number of para-hydroxylation sites is 1. The topological polar surface area (TPSA) is 83.6 Å². The second-order valence-corrected chi connectivity index (χ2v) is 11.4. The Balaban J connectivity index is 1.38. The van der Waals surface area contributed by atoms with Gasteiger partial charge in [0.25, 0.3) is 5.56 Å². The molecule has 0 radical (unpaired) electrons. The minimum absolute atomic E-state index is 0.0878. The van der Waals surface area contributed by atoms with E-state index in [4.69, 9.17) is 4.99 Å². The number of anilines is 2. The number of hydrogen-bond acceptors (Lipinski definition) is 5. The quantitative estimate of drug-likeness (QED) is 0.288. The first kappa shape index (κ1) is 26.9. The summed E-state index contributed by atoms with van der Waals surface area (Å²) in [6.45, 7) is 7.22. The summed E-state index contributed by atoms with van der Waals surface area (Å²) >= 11 is 3.53. The van der Waals surface area contributed by atoms with E-state index in [-0.39, 0.29) is 11.2 Å². The maximum absolute atomic E-state index is 13.4. The molecule has 0 saturated carbocycles. The lowest BCUT2D eigenvalue weighted by molar-refractivity contribution is 0.654. The van der Waals surface area contributed by atoms with Gasteiger partial charge in [0.15, 0.2) is 0 Å². The molecule has 1 aliphatic rings. The van der Waals surface area contributed by atoms with Crippen molar-refractivity contribution < 1.29 is 0 Å². The minimum atomic E-state index is -0.167. The average molecular weight is 615 g/mol. The molecule has 0 bridgehead atoms. The highest BCUT2D eigenvalue weighted by Crippen LogP contribution is 2.34. The van der Waals surface area contributed by atoms with Crippen LogP contribution in [0.25, 0.3) is 16.7 Å². The van der Waals surface area contributed by atoms with Crippen LogP contribution >= 0.6 is 15.9 Å². The first-order chi connectivity index (χ1) is 19.7. The van der Waals surface area contributed by atoms with Crippen molar-refractivity contribution in [3.8, 4) is 5.69 Å². The molecule has 0 atom stereocenters. The van der Waals surface area contributed by atoms with E-state index < -0.39 is 0 Å². The number of fused-ring (bicyclic) bond motifs is 1. The molecule has 0 spiro atoms. The summed E-state index contributed by atoms with van der Waals surface area (Å²) < 4.78 is 5.84. The first-order valence-corrected chi connectivity index (χ1v) is 14.4. The van der Waals surface area contributed by atoms with E-state index in [0.29, 0.717) is 5.56 Å². The highest BCUT2D eigenvalue weighted by molar-refractivity contribution is 9.10. The molecule has 3 aromatic carbocycles. The lowest BCUT2D eigenvalue weighted by atomic mass is 10.1. The lowest BCUT2D eigenvalue weighted by Crippen LogP contribution is -2.46. The van der Waals surface area contributed by atoms with Crippen molar-refractivity contribution in [3.63, 3.8) is 0 Å². The largest absolute Gasteiger partial charge is 0.368 e. The molecule has 41 heavy (non-hydrogen) atoms. The zero-order valence-electron chi connectivity index (χ0n) is 23.6. The Morgan fingerprint density at radius 2 is 1.49 bits per heavy atom. The Morgan fingerprint density at radius 1 is 0.829 bits per heavy atom. The number of aromatic amines is 1. The van der Waals surface area contributed by atoms with Crippen molar-refractivity contribution in [1.29, 1.82) is 0 Å². The van der Waals surface area contributed by atoms with Gasteiger partial charge in [-0.15, -0.1) is 0 Å². The van der Waals surface area contributed by atoms with Gasteiger partial charge in [0.2, 0.25) is 0 Å². The van der Waals surface area contributed by atoms with Crippen LogP contribution in [0.1, 0.15) is 16.8 Å². The number of rotatable bonds is 5. The third-order valence-corrected chi connectivity index (χ3v) is 8.85. The Morgan fingerprint density at radius 3 is 2.17 bits per heavy atom. The molecule has 6 rings (SSSR count). The van der Waals surface area contributed by atoms with E-state index in [1.54, 1.807) is 34.1 Å². The second kappa shape index (κ2) is 10.6. The molecule has 5 aromatic rings. The number of hydrogen-bond donors (Lipinski definition) is 1. The van der Waals surface area contributed by atoms with Gasteiger partial charge in [0.05, 0.1) is 33.7 Å². The smallest absolute Gasteiger partial charge is 0.328 e. The average Bonchev–Trinajstić information content (AvgIpc) is 3.39. The van der Waals surface area contributed by atoms with Gasteiger partial charge in [-0.25, -0.2) is 9.48 Å². The van der Waals surface area contributed by atoms with Gasteiger partial charge in [0.1, 0.15) is 0 Å². The molecule has 210 valence electrons. The van der Waals surface area contributed by atoms with Crippen LogP contribution in [-0.4, -0.2) is 51.3 Å². The van der Waals surface area contributed by atoms with Crippen LogP contribution < -0.4 is 21.0 Å². The highest BCUT2D eigenvalue weighted by atomic mass is 79.9. The molecule has 0 aliphatic carbocycles. The molecule has 1 fully saturated rings. The number of aryl methyl sites for hydroxylation is 4. The van der Waals surface area contributed by atoms with Crippen molar-refractivity contribution in [1.82, 2.24) is 18.9 Å². The fraction of sp³-hybridized carbons (Fsp3) is 0.258. The van der Waals surface area contributed by atoms with Crippen LogP contribution in [0.2, 0.25) is 0 Å². The van der Waals surface area contributed by atoms with Gasteiger partial charge in [-0.3, -0.25) is 24.0 Å². The number of aromatic nitrogens is 4. The number of aliphatic imine (C=N–C) groups is 1. The molecular formula is C31H32BrN7O2. The number of piperazine rings is 1. The SMILES string of the molecule is Cc1cc(-n2[nH]c(C)c(C=Nc3cc4c(cc3N3CCN(c5ccccc5)CC3)n(C)c(=O)n4C)c2=O)ccc1Br. The van der Waals surface area contributed by atoms with Crippen molar-refractivity contribution >= 4 is 50.2 Å². The summed E-state index contributed by atoms with van der Waals surface area (Å²) in [5.74, 6) is 0. The van der Waals surface area contributed by atoms with Crippen LogP contribution in [0.3, 0.4) is 0 Å². The van der Waals surface area contributed by atoms with Crippen molar-refractivity contribution in [2.75, 3.05) is 36.0 Å². The number of H-pyrrole nitrogens is 1. The maximum atomic E-state index is 13.4. The van der Waals surface area contributed by atoms with Crippen LogP contribution in [0, 0.1) is 13.8 Å². The summed E-state index contributed by atoms with van der Waals surface area (Å²) in [7, 11) is 3.56. The zero-order valence-corrected chi connectivity index (χ0v) is 25.1. The molecular weight excluding hydrogens is 582 g/mol. The summed E-state index contributed by atoms with van der Waals surface area (Å²) in [6.07, 6.45) is 1.64. The van der Waals surface area contributed by atoms with E-state index in [9.17, 15) is 9.59 Å². The predicted molar refractivity (Wildman–Crippen MR) is 170 cm³/mol. The summed E-state index contributed by atoms with van der Waals surface area (Å²) in [4.78, 5) is 35.8. The number of halogens is 1. The Labute approximate surface area is 246 Å². The lowest BCUT2D eigenvalue weighted by Gasteiger charge is -2.37. The minimum Gasteiger partial charge on any atom is -0.368 e. The van der Waals surface area contributed by atoms with Gasteiger partial charge in [0, 0.05) is 62.3 Å². The van der Waals surface area contributed by atoms with E-state index >= 15 is 0 Å². The number of nitrogens with zero attached hydrogens (tertiary/aromatic N) is 6. The van der Waals surface area contributed by atoms with Gasteiger partial charge in [-0.1, -0.05) is 34.1 Å². The Kier molecular flexibility index (Phi) is 6.94. The van der Waals surface area contributed by atoms with Gasteiger partial charge < -0.3 is 9.80 Å². The zero-order chi connectivity index (χ0) is 28.8. The van der Waals surface area contributed by atoms with Gasteiger partial charge in [-0.2, -0.15) is 0 Å². The third-order valence-electron chi connectivity index (χ3n) is 7.96. The van der Waals surface area contributed by atoms with E-state index in [1.807, 2.05) is 44.2 Å². The van der Waals surface area contributed by atoms with Crippen molar-refractivity contribution in [3.05, 3.63) is 103 Å². The van der Waals surface area contributed by atoms with Crippen LogP contribution in [0.15, 0.2) is 79.7 Å². The Hall–Kier alpha value is -4.31. The summed E-state index contributed by atoms with van der Waals surface area (Å²) in [5.41, 5.74) is 7.29. The molecule has 0 unspecified atom stereocenters. The number of imidazole rings is 1. The number of nitrogens with one attached hydrogen (secondary N) is 1. The molecule has 3 heterocycles. The molecule has 1 aliphatic heterocycles. The van der Waals surface area contributed by atoms with E-state index in [2.05, 4.69) is 61.2 Å². The van der Waals surface area contributed by atoms with Gasteiger partial charge >= 0.3 is 5.69 Å². The molecule has 1 N–H and O–H groups in total. The summed E-state index contributed by atoms with van der Waals surface area (Å²) in [5, 5.41) is 3.19. The fourth-order valence-corrected chi connectivity index (χ4v) is 5.77. The monoisotopic (exact) mass is 613 g/mol. The second-order valence-electron chi connectivity index (χ2n) is 10.5. The molecule has 1 saturated heterocycles. The predicted octanol–water partition coefficient (Wildman–Crippen LogP) is 4.81. The van der Waals surface area contributed by atoms with E-state index in [1.165, 1.54) is 5.69 Å². The molecule has 9 nitrogen and oxygen atoms in total. The maximum Gasteiger partial charge on any atom is 0.328 e. The third kappa shape index (κ3) is 4.82. The van der Waals surface area contributed by atoms with E-state index in [0.717, 1.165) is 70.0 Å².